The predicted molar refractivity (Wildman–Crippen MR) is 89.7 cm³/mol. The van der Waals surface area contributed by atoms with E-state index in [9.17, 15) is 0 Å². The van der Waals surface area contributed by atoms with Crippen molar-refractivity contribution in [3.05, 3.63) is 56.8 Å². The molecule has 1 atom stereocenters. The van der Waals surface area contributed by atoms with Crippen LogP contribution in [0.1, 0.15) is 72.0 Å². The summed E-state index contributed by atoms with van der Waals surface area (Å²) in [4.78, 5) is 2.57. The van der Waals surface area contributed by atoms with E-state index in [2.05, 4.69) is 65.0 Å². The molecule has 1 aromatic heterocycles. The average molecular weight is 287 g/mol. The second kappa shape index (κ2) is 6.11. The normalized spacial score (nSPS) is 13.2. The molecular weight excluding hydrogens is 262 g/mol. The summed E-state index contributed by atoms with van der Waals surface area (Å²) in [6.45, 7) is 11.1. The Bertz CT molecular complexity index is 581. The summed E-state index contributed by atoms with van der Waals surface area (Å²) in [6, 6.07) is 11.1. The van der Waals surface area contributed by atoms with Crippen molar-refractivity contribution in [3.63, 3.8) is 0 Å². The molecule has 2 rings (SSSR count). The maximum atomic E-state index is 6.50. The summed E-state index contributed by atoms with van der Waals surface area (Å²) in [6.07, 6.45) is 0. The molecule has 2 heteroatoms. The van der Waals surface area contributed by atoms with Gasteiger partial charge in [0.05, 0.1) is 6.04 Å². The van der Waals surface area contributed by atoms with Crippen LogP contribution in [0.4, 0.5) is 0 Å². The number of thiophene rings is 1. The van der Waals surface area contributed by atoms with Gasteiger partial charge in [0.25, 0.3) is 0 Å². The standard InChI is InChI=1S/C18H25NS/c1-11(2)14-7-8-15(16(10-14)12(3)4)18(19)17-9-6-13(5)20-17/h6-12,18H,19H2,1-5H3. The molecule has 2 N–H and O–H groups in total. The molecule has 0 fully saturated rings. The van der Waals surface area contributed by atoms with Gasteiger partial charge >= 0.3 is 0 Å². The van der Waals surface area contributed by atoms with Crippen molar-refractivity contribution >= 4 is 11.3 Å². The van der Waals surface area contributed by atoms with E-state index in [1.165, 1.54) is 26.4 Å². The molecule has 0 aliphatic carbocycles. The molecule has 1 nitrogen and oxygen atoms in total. The Kier molecular flexibility index (Phi) is 4.66. The van der Waals surface area contributed by atoms with E-state index in [-0.39, 0.29) is 6.04 Å². The zero-order valence-electron chi connectivity index (χ0n) is 13.1. The number of hydrogen-bond acceptors (Lipinski definition) is 2. The molecule has 0 saturated carbocycles. The molecule has 1 unspecified atom stereocenters. The van der Waals surface area contributed by atoms with Gasteiger partial charge in [-0.2, -0.15) is 0 Å². The molecule has 0 bridgehead atoms. The first-order valence-electron chi connectivity index (χ1n) is 7.35. The number of nitrogens with two attached hydrogens (primary N) is 1. The van der Waals surface area contributed by atoms with Crippen molar-refractivity contribution in [1.82, 2.24) is 0 Å². The molecule has 108 valence electrons. The lowest BCUT2D eigenvalue weighted by atomic mass is 9.88. The Morgan fingerprint density at radius 2 is 1.60 bits per heavy atom. The van der Waals surface area contributed by atoms with Gasteiger partial charge in [0.1, 0.15) is 0 Å². The SMILES string of the molecule is Cc1ccc(C(N)c2ccc(C(C)C)cc2C(C)C)s1. The van der Waals surface area contributed by atoms with Gasteiger partial charge in [-0.25, -0.2) is 0 Å². The third kappa shape index (κ3) is 3.13. The summed E-state index contributed by atoms with van der Waals surface area (Å²) in [5.41, 5.74) is 10.6. The lowest BCUT2D eigenvalue weighted by molar-refractivity contribution is 0.787. The maximum Gasteiger partial charge on any atom is 0.0648 e. The fourth-order valence-corrected chi connectivity index (χ4v) is 3.41. The third-order valence-electron chi connectivity index (χ3n) is 3.80. The topological polar surface area (TPSA) is 26.0 Å². The molecule has 20 heavy (non-hydrogen) atoms. The number of benzene rings is 1. The smallest absolute Gasteiger partial charge is 0.0648 e. The molecule has 0 aliphatic rings. The van der Waals surface area contributed by atoms with Crippen LogP contribution in [-0.4, -0.2) is 0 Å². The Balaban J connectivity index is 2.45. The van der Waals surface area contributed by atoms with E-state index in [0.717, 1.165) is 0 Å². The van der Waals surface area contributed by atoms with Gasteiger partial charge in [-0.1, -0.05) is 45.9 Å². The number of aryl methyl sites for hydroxylation is 1. The third-order valence-corrected chi connectivity index (χ3v) is 4.89. The Morgan fingerprint density at radius 1 is 0.900 bits per heavy atom. The summed E-state index contributed by atoms with van der Waals surface area (Å²) in [5.74, 6) is 1.05. The van der Waals surface area contributed by atoms with Gasteiger partial charge in [0.15, 0.2) is 0 Å². The Labute approximate surface area is 126 Å². The largest absolute Gasteiger partial charge is 0.320 e. The van der Waals surface area contributed by atoms with Gasteiger partial charge in [-0.05, 0) is 47.6 Å². The van der Waals surface area contributed by atoms with E-state index >= 15 is 0 Å². The molecular formula is C18H25NS. The summed E-state index contributed by atoms with van der Waals surface area (Å²) < 4.78 is 0. The van der Waals surface area contributed by atoms with Crippen LogP contribution in [0.2, 0.25) is 0 Å². The molecule has 2 aromatic rings. The van der Waals surface area contributed by atoms with E-state index < -0.39 is 0 Å². The van der Waals surface area contributed by atoms with Crippen molar-refractivity contribution in [2.24, 2.45) is 5.73 Å². The van der Waals surface area contributed by atoms with Crippen LogP contribution in [0.5, 0.6) is 0 Å². The van der Waals surface area contributed by atoms with Crippen molar-refractivity contribution in [2.45, 2.75) is 52.5 Å². The van der Waals surface area contributed by atoms with E-state index in [1.807, 2.05) is 0 Å². The van der Waals surface area contributed by atoms with Crippen LogP contribution in [0.15, 0.2) is 30.3 Å². The highest BCUT2D eigenvalue weighted by atomic mass is 32.1. The molecule has 1 heterocycles. The van der Waals surface area contributed by atoms with E-state index in [0.29, 0.717) is 11.8 Å². The number of hydrogen-bond donors (Lipinski definition) is 1. The first-order valence-corrected chi connectivity index (χ1v) is 8.17. The minimum atomic E-state index is -0.00712. The zero-order valence-corrected chi connectivity index (χ0v) is 13.9. The zero-order chi connectivity index (χ0) is 14.9. The quantitative estimate of drug-likeness (QED) is 0.805. The van der Waals surface area contributed by atoms with Crippen LogP contribution in [-0.2, 0) is 0 Å². The summed E-state index contributed by atoms with van der Waals surface area (Å²) in [5, 5.41) is 0. The fourth-order valence-electron chi connectivity index (χ4n) is 2.51. The average Bonchev–Trinajstić information content (AvgIpc) is 2.83. The van der Waals surface area contributed by atoms with Crippen LogP contribution < -0.4 is 5.73 Å². The van der Waals surface area contributed by atoms with Crippen molar-refractivity contribution < 1.29 is 0 Å². The fraction of sp³-hybridized carbons (Fsp3) is 0.444. The van der Waals surface area contributed by atoms with Crippen molar-refractivity contribution in [1.29, 1.82) is 0 Å². The van der Waals surface area contributed by atoms with Gasteiger partial charge in [0, 0.05) is 9.75 Å². The Hall–Kier alpha value is -1.12. The summed E-state index contributed by atoms with van der Waals surface area (Å²) in [7, 11) is 0. The molecule has 1 aromatic carbocycles. The molecule has 0 spiro atoms. The van der Waals surface area contributed by atoms with Crippen LogP contribution in [0, 0.1) is 6.92 Å². The second-order valence-corrected chi connectivity index (χ2v) is 7.44. The second-order valence-electron chi connectivity index (χ2n) is 6.12. The van der Waals surface area contributed by atoms with Crippen LogP contribution in [0.3, 0.4) is 0 Å². The van der Waals surface area contributed by atoms with Crippen LogP contribution >= 0.6 is 11.3 Å². The van der Waals surface area contributed by atoms with E-state index in [1.54, 1.807) is 11.3 Å². The summed E-state index contributed by atoms with van der Waals surface area (Å²) >= 11 is 1.80. The van der Waals surface area contributed by atoms with Gasteiger partial charge in [0.2, 0.25) is 0 Å². The monoisotopic (exact) mass is 287 g/mol. The highest BCUT2D eigenvalue weighted by molar-refractivity contribution is 7.12. The first-order chi connectivity index (χ1) is 9.40. The first kappa shape index (κ1) is 15.3. The van der Waals surface area contributed by atoms with E-state index in [4.69, 9.17) is 5.73 Å². The predicted octanol–water partition coefficient (Wildman–Crippen LogP) is 5.35. The molecule has 0 aliphatic heterocycles. The lowest BCUT2D eigenvalue weighted by Crippen LogP contribution is -2.14. The maximum absolute atomic E-state index is 6.50. The molecule has 0 amide bonds. The highest BCUT2D eigenvalue weighted by Crippen LogP contribution is 2.33. The van der Waals surface area contributed by atoms with Crippen molar-refractivity contribution in [3.8, 4) is 0 Å². The molecule has 0 radical (unpaired) electrons. The minimum absolute atomic E-state index is 0.00712. The van der Waals surface area contributed by atoms with Crippen LogP contribution in [0.25, 0.3) is 0 Å². The van der Waals surface area contributed by atoms with Gasteiger partial charge in [-0.3, -0.25) is 0 Å². The van der Waals surface area contributed by atoms with Crippen molar-refractivity contribution in [2.75, 3.05) is 0 Å². The van der Waals surface area contributed by atoms with Gasteiger partial charge in [-0.15, -0.1) is 11.3 Å². The number of rotatable bonds is 4. The lowest BCUT2D eigenvalue weighted by Gasteiger charge is -2.20. The molecule has 0 saturated heterocycles. The minimum Gasteiger partial charge on any atom is -0.320 e. The highest BCUT2D eigenvalue weighted by Gasteiger charge is 2.17. The Morgan fingerprint density at radius 3 is 2.10 bits per heavy atom. The van der Waals surface area contributed by atoms with Gasteiger partial charge < -0.3 is 5.73 Å².